The van der Waals surface area contributed by atoms with Gasteiger partial charge in [0.2, 0.25) is 5.91 Å². The first kappa shape index (κ1) is 19.8. The van der Waals surface area contributed by atoms with Gasteiger partial charge in [-0.1, -0.05) is 24.3 Å². The van der Waals surface area contributed by atoms with Gasteiger partial charge in [-0.15, -0.1) is 0 Å². The van der Waals surface area contributed by atoms with Gasteiger partial charge in [-0.3, -0.25) is 9.59 Å². The molecule has 0 spiro atoms. The largest absolute Gasteiger partial charge is 0.341 e. The van der Waals surface area contributed by atoms with Crippen molar-refractivity contribution in [2.75, 3.05) is 13.6 Å². The summed E-state index contributed by atoms with van der Waals surface area (Å²) in [5.74, 6) is -0.841. The lowest BCUT2D eigenvalue weighted by Crippen LogP contribution is -2.35. The maximum absolute atomic E-state index is 12.6. The number of hydrogen-bond donors (Lipinski definition) is 0. The summed E-state index contributed by atoms with van der Waals surface area (Å²) in [4.78, 5) is 26.5. The lowest BCUT2D eigenvalue weighted by molar-refractivity contribution is -0.130. The highest BCUT2D eigenvalue weighted by Crippen LogP contribution is 2.29. The molecule has 30 heavy (non-hydrogen) atoms. The topological polar surface area (TPSA) is 92.6 Å². The van der Waals surface area contributed by atoms with Gasteiger partial charge in [0.25, 0.3) is 15.9 Å². The predicted octanol–water partition coefficient (Wildman–Crippen LogP) is 2.07. The number of fused-ring (bicyclic) bond motifs is 1. The monoisotopic (exact) mass is 424 g/mol. The zero-order valence-corrected chi connectivity index (χ0v) is 17.1. The Balaban J connectivity index is 1.40. The second-order valence-corrected chi connectivity index (χ2v) is 8.83. The third-order valence-corrected chi connectivity index (χ3v) is 6.81. The molecule has 3 aromatic rings. The van der Waals surface area contributed by atoms with Gasteiger partial charge in [0.15, 0.2) is 0 Å². The molecule has 0 fully saturated rings. The van der Waals surface area contributed by atoms with Crippen LogP contribution < -0.4 is 0 Å². The highest BCUT2D eigenvalue weighted by atomic mass is 32.2. The lowest BCUT2D eigenvalue weighted by Gasteiger charge is -2.20. The summed E-state index contributed by atoms with van der Waals surface area (Å²) in [5.41, 5.74) is 1.94. The molecular formula is C21H20N4O4S. The van der Waals surface area contributed by atoms with Crippen molar-refractivity contribution in [3.63, 3.8) is 0 Å². The van der Waals surface area contributed by atoms with Crippen LogP contribution in [0, 0.1) is 0 Å². The first-order valence-electron chi connectivity index (χ1n) is 9.37. The number of sulfonamides is 1. The van der Waals surface area contributed by atoms with E-state index in [0.29, 0.717) is 6.54 Å². The molecule has 0 bridgehead atoms. The number of nitrogens with zero attached hydrogens (tertiary/aromatic N) is 4. The highest BCUT2D eigenvalue weighted by Gasteiger charge is 2.40. The van der Waals surface area contributed by atoms with Crippen molar-refractivity contribution in [3.8, 4) is 5.69 Å². The lowest BCUT2D eigenvalue weighted by atomic mass is 10.2. The fourth-order valence-corrected chi connectivity index (χ4v) is 4.99. The quantitative estimate of drug-likeness (QED) is 0.604. The van der Waals surface area contributed by atoms with Crippen LogP contribution in [0.2, 0.25) is 0 Å². The number of amides is 2. The minimum absolute atomic E-state index is 0.00811. The number of aromatic nitrogens is 2. The Hall–Kier alpha value is -3.46. The van der Waals surface area contributed by atoms with Gasteiger partial charge in [0.1, 0.15) is 4.90 Å². The Morgan fingerprint density at radius 2 is 1.90 bits per heavy atom. The van der Waals surface area contributed by atoms with E-state index in [2.05, 4.69) is 5.10 Å². The number of benzene rings is 2. The zero-order valence-electron chi connectivity index (χ0n) is 16.3. The molecule has 0 aliphatic carbocycles. The smallest absolute Gasteiger partial charge is 0.269 e. The molecule has 1 aliphatic heterocycles. The summed E-state index contributed by atoms with van der Waals surface area (Å²) >= 11 is 0. The standard InChI is InChI=1S/C21H20N4O4S/c1-23(15-16-6-4-7-17(14-16)24-12-5-11-22-24)20(26)10-13-25-21(27)18-8-2-3-9-19(18)30(25,28)29/h2-9,11-12,14H,10,13,15H2,1H3. The molecule has 2 aromatic carbocycles. The first-order valence-corrected chi connectivity index (χ1v) is 10.8. The Labute approximate surface area is 174 Å². The zero-order chi connectivity index (χ0) is 21.3. The number of carbonyl (C=O) groups excluding carboxylic acids is 2. The number of carbonyl (C=O) groups is 2. The van der Waals surface area contributed by atoms with Gasteiger partial charge < -0.3 is 4.90 Å². The summed E-state index contributed by atoms with van der Waals surface area (Å²) in [6.07, 6.45) is 3.43. The maximum Gasteiger partial charge on any atom is 0.269 e. The van der Waals surface area contributed by atoms with Gasteiger partial charge in [0.05, 0.1) is 11.3 Å². The molecule has 0 radical (unpaired) electrons. The van der Waals surface area contributed by atoms with Crippen molar-refractivity contribution in [1.29, 1.82) is 0 Å². The summed E-state index contributed by atoms with van der Waals surface area (Å²) in [7, 11) is -2.25. The Morgan fingerprint density at radius 3 is 2.63 bits per heavy atom. The Morgan fingerprint density at radius 1 is 1.10 bits per heavy atom. The molecule has 0 saturated carbocycles. The molecule has 1 aromatic heterocycles. The van der Waals surface area contributed by atoms with Crippen molar-refractivity contribution in [3.05, 3.63) is 78.1 Å². The normalized spacial score (nSPS) is 14.6. The Kier molecular flexibility index (Phi) is 5.13. The second-order valence-electron chi connectivity index (χ2n) is 7.00. The van der Waals surface area contributed by atoms with Gasteiger partial charge in [0, 0.05) is 39.0 Å². The fraction of sp³-hybridized carbons (Fsp3) is 0.190. The average molecular weight is 424 g/mol. The van der Waals surface area contributed by atoms with Crippen LogP contribution >= 0.6 is 0 Å². The molecule has 9 heteroatoms. The van der Waals surface area contributed by atoms with Gasteiger partial charge >= 0.3 is 0 Å². The number of hydrogen-bond acceptors (Lipinski definition) is 5. The van der Waals surface area contributed by atoms with Crippen LogP contribution in [-0.2, 0) is 21.4 Å². The molecular weight excluding hydrogens is 404 g/mol. The van der Waals surface area contributed by atoms with E-state index in [1.807, 2.05) is 36.5 Å². The maximum atomic E-state index is 12.6. The van der Waals surface area contributed by atoms with Gasteiger partial charge in [-0.2, -0.15) is 5.10 Å². The third-order valence-electron chi connectivity index (χ3n) is 4.97. The average Bonchev–Trinajstić information content (AvgIpc) is 3.34. The minimum atomic E-state index is -3.90. The van der Waals surface area contributed by atoms with E-state index in [1.165, 1.54) is 17.0 Å². The van der Waals surface area contributed by atoms with Crippen LogP contribution in [0.5, 0.6) is 0 Å². The molecule has 0 saturated heterocycles. The predicted molar refractivity (Wildman–Crippen MR) is 109 cm³/mol. The van der Waals surface area contributed by atoms with Crippen LogP contribution in [0.3, 0.4) is 0 Å². The van der Waals surface area contributed by atoms with E-state index in [9.17, 15) is 18.0 Å². The molecule has 2 amide bonds. The SMILES string of the molecule is CN(Cc1cccc(-n2cccn2)c1)C(=O)CCN1C(=O)c2ccccc2S1(=O)=O. The molecule has 0 N–H and O–H groups in total. The summed E-state index contributed by atoms with van der Waals surface area (Å²) in [5, 5.41) is 4.20. The molecule has 154 valence electrons. The van der Waals surface area contributed by atoms with Crippen LogP contribution in [-0.4, -0.2) is 52.8 Å². The minimum Gasteiger partial charge on any atom is -0.341 e. The van der Waals surface area contributed by atoms with Crippen molar-refractivity contribution in [2.24, 2.45) is 0 Å². The van der Waals surface area contributed by atoms with E-state index >= 15 is 0 Å². The van der Waals surface area contributed by atoms with Crippen LogP contribution in [0.4, 0.5) is 0 Å². The van der Waals surface area contributed by atoms with Crippen LogP contribution in [0.1, 0.15) is 22.3 Å². The first-order chi connectivity index (χ1) is 14.4. The van der Waals surface area contributed by atoms with E-state index in [0.717, 1.165) is 15.6 Å². The Bertz CT molecular complexity index is 1210. The van der Waals surface area contributed by atoms with E-state index in [1.54, 1.807) is 30.1 Å². The molecule has 8 nitrogen and oxygen atoms in total. The molecule has 2 heterocycles. The van der Waals surface area contributed by atoms with Crippen molar-refractivity contribution >= 4 is 21.8 Å². The fourth-order valence-electron chi connectivity index (χ4n) is 3.42. The summed E-state index contributed by atoms with van der Waals surface area (Å²) in [6, 6.07) is 15.5. The molecule has 0 atom stereocenters. The van der Waals surface area contributed by atoms with Gasteiger partial charge in [-0.25, -0.2) is 17.4 Å². The number of rotatable bonds is 6. The van der Waals surface area contributed by atoms with Crippen LogP contribution in [0.15, 0.2) is 71.9 Å². The third kappa shape index (κ3) is 3.59. The van der Waals surface area contributed by atoms with E-state index < -0.39 is 15.9 Å². The van der Waals surface area contributed by atoms with Crippen molar-refractivity contribution < 1.29 is 18.0 Å². The summed E-state index contributed by atoms with van der Waals surface area (Å²) < 4.78 is 27.7. The highest BCUT2D eigenvalue weighted by molar-refractivity contribution is 7.90. The molecule has 1 aliphatic rings. The van der Waals surface area contributed by atoms with Gasteiger partial charge in [-0.05, 0) is 35.9 Å². The molecule has 0 unspecified atom stereocenters. The van der Waals surface area contributed by atoms with E-state index in [4.69, 9.17) is 0 Å². The van der Waals surface area contributed by atoms with Crippen molar-refractivity contribution in [2.45, 2.75) is 17.9 Å². The van der Waals surface area contributed by atoms with Crippen LogP contribution in [0.25, 0.3) is 5.69 Å². The van der Waals surface area contributed by atoms with Crippen molar-refractivity contribution in [1.82, 2.24) is 19.0 Å². The summed E-state index contributed by atoms with van der Waals surface area (Å²) in [6.45, 7) is 0.168. The second kappa shape index (κ2) is 7.75. The molecule has 4 rings (SSSR count). The van der Waals surface area contributed by atoms with E-state index in [-0.39, 0.29) is 29.3 Å².